The summed E-state index contributed by atoms with van der Waals surface area (Å²) in [7, 11) is 0. The summed E-state index contributed by atoms with van der Waals surface area (Å²) in [6, 6.07) is 15.0. The topological polar surface area (TPSA) is 59.2 Å². The van der Waals surface area contributed by atoms with Gasteiger partial charge in [0, 0.05) is 24.6 Å². The highest BCUT2D eigenvalue weighted by atomic mass is 35.5. The van der Waals surface area contributed by atoms with Crippen molar-refractivity contribution < 1.29 is 9.32 Å². The zero-order valence-electron chi connectivity index (χ0n) is 15.6. The molecule has 1 amide bonds. The number of rotatable bonds is 6. The van der Waals surface area contributed by atoms with E-state index in [1.54, 1.807) is 17.0 Å². The van der Waals surface area contributed by atoms with Crippen LogP contribution in [0, 0.1) is 6.92 Å². The van der Waals surface area contributed by atoms with Crippen LogP contribution in [-0.2, 0) is 6.42 Å². The molecule has 3 aromatic rings. The summed E-state index contributed by atoms with van der Waals surface area (Å²) in [5.74, 6) is 0.959. The SMILES string of the molecule is Cc1cccc(-c2noc(CCN(C(=O)c3ccccc3Cl)C(C)C)n2)c1. The third-order valence-electron chi connectivity index (χ3n) is 4.30. The van der Waals surface area contributed by atoms with Gasteiger partial charge in [-0.2, -0.15) is 4.98 Å². The van der Waals surface area contributed by atoms with Crippen LogP contribution in [-0.4, -0.2) is 33.5 Å². The molecule has 2 aromatic carbocycles. The number of carbonyl (C=O) groups excluding carboxylic acids is 1. The van der Waals surface area contributed by atoms with Crippen LogP contribution < -0.4 is 0 Å². The molecule has 0 saturated carbocycles. The van der Waals surface area contributed by atoms with Gasteiger partial charge >= 0.3 is 0 Å². The Balaban J connectivity index is 1.72. The standard InChI is InChI=1S/C21H22ClN3O2/c1-14(2)25(21(26)17-9-4-5-10-18(17)22)12-11-19-23-20(24-27-19)16-8-6-7-15(3)13-16/h4-10,13-14H,11-12H2,1-3H3. The first kappa shape index (κ1) is 19.1. The summed E-state index contributed by atoms with van der Waals surface area (Å²) in [5, 5.41) is 4.51. The molecule has 6 heteroatoms. The average molecular weight is 384 g/mol. The van der Waals surface area contributed by atoms with Gasteiger partial charge in [-0.3, -0.25) is 4.79 Å². The van der Waals surface area contributed by atoms with E-state index in [1.165, 1.54) is 0 Å². The maximum Gasteiger partial charge on any atom is 0.255 e. The van der Waals surface area contributed by atoms with Crippen molar-refractivity contribution in [3.63, 3.8) is 0 Å². The normalized spacial score (nSPS) is 11.0. The lowest BCUT2D eigenvalue weighted by Crippen LogP contribution is -2.38. The van der Waals surface area contributed by atoms with Gasteiger partial charge in [0.1, 0.15) is 0 Å². The minimum atomic E-state index is -0.103. The summed E-state index contributed by atoms with van der Waals surface area (Å²) in [4.78, 5) is 19.1. The Morgan fingerprint density at radius 1 is 1.19 bits per heavy atom. The average Bonchev–Trinajstić information content (AvgIpc) is 3.11. The maximum atomic E-state index is 12.9. The molecule has 0 aliphatic heterocycles. The lowest BCUT2D eigenvalue weighted by atomic mass is 10.1. The number of nitrogens with zero attached hydrogens (tertiary/aromatic N) is 3. The summed E-state index contributed by atoms with van der Waals surface area (Å²) >= 11 is 6.18. The highest BCUT2D eigenvalue weighted by Gasteiger charge is 2.21. The molecule has 1 aromatic heterocycles. The van der Waals surface area contributed by atoms with E-state index in [0.717, 1.165) is 11.1 Å². The van der Waals surface area contributed by atoms with Crippen LogP contribution in [0.25, 0.3) is 11.4 Å². The molecule has 0 N–H and O–H groups in total. The first-order chi connectivity index (χ1) is 13.0. The van der Waals surface area contributed by atoms with Crippen LogP contribution in [0.3, 0.4) is 0 Å². The van der Waals surface area contributed by atoms with Crippen LogP contribution in [0.15, 0.2) is 53.1 Å². The molecule has 3 rings (SSSR count). The first-order valence-electron chi connectivity index (χ1n) is 8.91. The second kappa shape index (κ2) is 8.35. The van der Waals surface area contributed by atoms with E-state index in [9.17, 15) is 4.79 Å². The summed E-state index contributed by atoms with van der Waals surface area (Å²) in [5.41, 5.74) is 2.55. The molecule has 0 radical (unpaired) electrons. The Morgan fingerprint density at radius 3 is 2.67 bits per heavy atom. The van der Waals surface area contributed by atoms with Crippen molar-refractivity contribution in [3.8, 4) is 11.4 Å². The zero-order chi connectivity index (χ0) is 19.4. The van der Waals surface area contributed by atoms with Gasteiger partial charge in [-0.1, -0.05) is 52.7 Å². The fourth-order valence-corrected chi connectivity index (χ4v) is 3.07. The molecule has 0 bridgehead atoms. The summed E-state index contributed by atoms with van der Waals surface area (Å²) in [6.07, 6.45) is 0.479. The molecule has 0 saturated heterocycles. The van der Waals surface area contributed by atoms with Gasteiger partial charge in [-0.05, 0) is 39.0 Å². The van der Waals surface area contributed by atoms with Crippen LogP contribution in [0.2, 0.25) is 5.02 Å². The molecule has 0 aliphatic rings. The van der Waals surface area contributed by atoms with E-state index in [0.29, 0.717) is 35.3 Å². The number of aryl methyl sites for hydroxylation is 1. The Kier molecular flexibility index (Phi) is 5.91. The third kappa shape index (κ3) is 4.55. The lowest BCUT2D eigenvalue weighted by molar-refractivity contribution is 0.0704. The highest BCUT2D eigenvalue weighted by molar-refractivity contribution is 6.33. The van der Waals surface area contributed by atoms with Gasteiger partial charge in [0.15, 0.2) is 0 Å². The Morgan fingerprint density at radius 2 is 1.96 bits per heavy atom. The molecule has 27 heavy (non-hydrogen) atoms. The number of amides is 1. The van der Waals surface area contributed by atoms with Crippen LogP contribution in [0.1, 0.15) is 35.7 Å². The molecule has 140 valence electrons. The number of aromatic nitrogens is 2. The van der Waals surface area contributed by atoms with E-state index in [2.05, 4.69) is 10.1 Å². The highest BCUT2D eigenvalue weighted by Crippen LogP contribution is 2.20. The number of halogens is 1. The largest absolute Gasteiger partial charge is 0.339 e. The van der Waals surface area contributed by atoms with Gasteiger partial charge in [-0.25, -0.2) is 0 Å². The van der Waals surface area contributed by atoms with E-state index < -0.39 is 0 Å². The monoisotopic (exact) mass is 383 g/mol. The number of hydrogen-bond donors (Lipinski definition) is 0. The van der Waals surface area contributed by atoms with Crippen molar-refractivity contribution in [1.29, 1.82) is 0 Å². The van der Waals surface area contributed by atoms with Crippen molar-refractivity contribution in [3.05, 3.63) is 70.6 Å². The van der Waals surface area contributed by atoms with Crippen LogP contribution >= 0.6 is 11.6 Å². The fraction of sp³-hybridized carbons (Fsp3) is 0.286. The van der Waals surface area contributed by atoms with E-state index in [4.69, 9.17) is 16.1 Å². The molecule has 1 heterocycles. The smallest absolute Gasteiger partial charge is 0.255 e. The fourth-order valence-electron chi connectivity index (χ4n) is 2.86. The molecule has 5 nitrogen and oxygen atoms in total. The summed E-state index contributed by atoms with van der Waals surface area (Å²) in [6.45, 7) is 6.43. The number of carbonyl (C=O) groups is 1. The number of hydrogen-bond acceptors (Lipinski definition) is 4. The second-order valence-electron chi connectivity index (χ2n) is 6.70. The van der Waals surface area contributed by atoms with Gasteiger partial charge < -0.3 is 9.42 Å². The second-order valence-corrected chi connectivity index (χ2v) is 7.11. The molecule has 0 atom stereocenters. The van der Waals surface area contributed by atoms with E-state index in [1.807, 2.05) is 57.2 Å². The lowest BCUT2D eigenvalue weighted by Gasteiger charge is -2.26. The Hall–Kier alpha value is -2.66. The number of benzene rings is 2. The maximum absolute atomic E-state index is 12.9. The first-order valence-corrected chi connectivity index (χ1v) is 9.28. The van der Waals surface area contributed by atoms with Gasteiger partial charge in [0.2, 0.25) is 11.7 Å². The molecular weight excluding hydrogens is 362 g/mol. The van der Waals surface area contributed by atoms with E-state index in [-0.39, 0.29) is 11.9 Å². The third-order valence-corrected chi connectivity index (χ3v) is 4.63. The predicted molar refractivity (Wildman–Crippen MR) is 106 cm³/mol. The van der Waals surface area contributed by atoms with Crippen LogP contribution in [0.4, 0.5) is 0 Å². The van der Waals surface area contributed by atoms with Crippen molar-refractivity contribution in [2.75, 3.05) is 6.54 Å². The van der Waals surface area contributed by atoms with Crippen LogP contribution in [0.5, 0.6) is 0 Å². The Bertz CT molecular complexity index is 936. The van der Waals surface area contributed by atoms with Gasteiger partial charge in [0.25, 0.3) is 5.91 Å². The predicted octanol–water partition coefficient (Wildman–Crippen LogP) is 4.79. The van der Waals surface area contributed by atoms with Gasteiger partial charge in [0.05, 0.1) is 10.6 Å². The molecule has 0 spiro atoms. The zero-order valence-corrected chi connectivity index (χ0v) is 16.4. The van der Waals surface area contributed by atoms with Crippen molar-refractivity contribution in [2.24, 2.45) is 0 Å². The van der Waals surface area contributed by atoms with Crippen molar-refractivity contribution in [1.82, 2.24) is 15.0 Å². The Labute approximate surface area is 164 Å². The minimum absolute atomic E-state index is 0.0212. The van der Waals surface area contributed by atoms with Crippen molar-refractivity contribution >= 4 is 17.5 Å². The van der Waals surface area contributed by atoms with Crippen molar-refractivity contribution in [2.45, 2.75) is 33.2 Å². The molecule has 0 aliphatic carbocycles. The van der Waals surface area contributed by atoms with Gasteiger partial charge in [-0.15, -0.1) is 0 Å². The molecule has 0 fully saturated rings. The molecule has 0 unspecified atom stereocenters. The summed E-state index contributed by atoms with van der Waals surface area (Å²) < 4.78 is 5.37. The molecular formula is C21H22ClN3O2. The van der Waals surface area contributed by atoms with E-state index >= 15 is 0 Å². The minimum Gasteiger partial charge on any atom is -0.339 e. The quantitative estimate of drug-likeness (QED) is 0.614.